The van der Waals surface area contributed by atoms with E-state index in [1.54, 1.807) is 0 Å². The van der Waals surface area contributed by atoms with E-state index < -0.39 is 0 Å². The lowest BCUT2D eigenvalue weighted by atomic mass is 9.73. The van der Waals surface area contributed by atoms with Crippen LogP contribution in [0.5, 0.6) is 5.88 Å². The van der Waals surface area contributed by atoms with Crippen LogP contribution in [0.15, 0.2) is 9.27 Å². The Labute approximate surface area is 109 Å². The van der Waals surface area contributed by atoms with Crippen LogP contribution in [0.25, 0.3) is 0 Å². The van der Waals surface area contributed by atoms with Crippen LogP contribution >= 0.6 is 15.9 Å². The molecule has 5 heteroatoms. The molecule has 0 unspecified atom stereocenters. The van der Waals surface area contributed by atoms with E-state index in [0.717, 1.165) is 25.7 Å². The largest absolute Gasteiger partial charge is 0.492 e. The minimum Gasteiger partial charge on any atom is -0.492 e. The molecule has 1 aromatic heterocycles. The summed E-state index contributed by atoms with van der Waals surface area (Å²) in [4.78, 5) is 18.3. The van der Waals surface area contributed by atoms with Gasteiger partial charge in [-0.3, -0.25) is 4.79 Å². The van der Waals surface area contributed by atoms with E-state index >= 15 is 0 Å². The molecule has 1 aliphatic rings. The van der Waals surface area contributed by atoms with Crippen LogP contribution in [0.4, 0.5) is 0 Å². The van der Waals surface area contributed by atoms with Gasteiger partial charge in [-0.25, -0.2) is 0 Å². The Morgan fingerprint density at radius 3 is 2.53 bits per heavy atom. The number of aromatic nitrogens is 2. The number of hydrogen-bond donors (Lipinski definition) is 2. The maximum Gasteiger partial charge on any atom is 0.269 e. The Morgan fingerprint density at radius 2 is 2.00 bits per heavy atom. The zero-order valence-corrected chi connectivity index (χ0v) is 11.7. The highest BCUT2D eigenvalue weighted by molar-refractivity contribution is 9.10. The monoisotopic (exact) mass is 300 g/mol. The summed E-state index contributed by atoms with van der Waals surface area (Å²) in [6.45, 7) is 4.52. The van der Waals surface area contributed by atoms with Crippen LogP contribution < -0.4 is 5.56 Å². The lowest BCUT2D eigenvalue weighted by Crippen LogP contribution is -2.23. The van der Waals surface area contributed by atoms with Gasteiger partial charge in [-0.1, -0.05) is 13.8 Å². The molecule has 0 saturated heterocycles. The second-order valence-corrected chi connectivity index (χ2v) is 6.32. The molecule has 2 rings (SSSR count). The Kier molecular flexibility index (Phi) is 3.30. The zero-order chi connectivity index (χ0) is 12.6. The molecule has 1 fully saturated rings. The van der Waals surface area contributed by atoms with Gasteiger partial charge in [-0.15, -0.1) is 0 Å². The number of halogens is 1. The predicted molar refractivity (Wildman–Crippen MR) is 69.2 cm³/mol. The summed E-state index contributed by atoms with van der Waals surface area (Å²) >= 11 is 3.00. The van der Waals surface area contributed by atoms with E-state index in [1.165, 1.54) is 0 Å². The molecule has 4 nitrogen and oxygen atoms in total. The second kappa shape index (κ2) is 4.44. The number of nitrogens with zero attached hydrogens (tertiary/aromatic N) is 1. The van der Waals surface area contributed by atoms with Crippen LogP contribution in [-0.2, 0) is 0 Å². The Balaban J connectivity index is 2.22. The lowest BCUT2D eigenvalue weighted by molar-refractivity contribution is 0.220. The van der Waals surface area contributed by atoms with E-state index in [2.05, 4.69) is 39.7 Å². The van der Waals surface area contributed by atoms with Crippen molar-refractivity contribution in [2.75, 3.05) is 0 Å². The topological polar surface area (TPSA) is 66.0 Å². The van der Waals surface area contributed by atoms with E-state index in [4.69, 9.17) is 0 Å². The molecule has 1 aliphatic carbocycles. The van der Waals surface area contributed by atoms with Gasteiger partial charge in [-0.05, 0) is 47.0 Å². The second-order valence-electron chi connectivity index (χ2n) is 5.53. The van der Waals surface area contributed by atoms with E-state index in [-0.39, 0.29) is 21.8 Å². The van der Waals surface area contributed by atoms with Crippen LogP contribution in [-0.4, -0.2) is 15.1 Å². The van der Waals surface area contributed by atoms with Crippen molar-refractivity contribution in [3.63, 3.8) is 0 Å². The van der Waals surface area contributed by atoms with Crippen molar-refractivity contribution in [2.45, 2.75) is 45.4 Å². The molecule has 0 atom stereocenters. The predicted octanol–water partition coefficient (Wildman–Crippen LogP) is 2.92. The third-order valence-corrected chi connectivity index (χ3v) is 4.30. The quantitative estimate of drug-likeness (QED) is 0.838. The number of hydrogen-bond acceptors (Lipinski definition) is 3. The maximum atomic E-state index is 11.5. The Morgan fingerprint density at radius 1 is 1.41 bits per heavy atom. The highest BCUT2D eigenvalue weighted by Crippen LogP contribution is 2.41. The molecule has 1 heterocycles. The van der Waals surface area contributed by atoms with Crippen molar-refractivity contribution in [3.8, 4) is 5.88 Å². The fourth-order valence-electron chi connectivity index (χ4n) is 2.33. The van der Waals surface area contributed by atoms with Gasteiger partial charge >= 0.3 is 0 Å². The highest BCUT2D eigenvalue weighted by Gasteiger charge is 2.29. The molecule has 0 amide bonds. The summed E-state index contributed by atoms with van der Waals surface area (Å²) < 4.78 is 0.109. The molecule has 0 spiro atoms. The van der Waals surface area contributed by atoms with Crippen LogP contribution in [0.1, 0.15) is 51.3 Å². The summed E-state index contributed by atoms with van der Waals surface area (Å²) in [7, 11) is 0. The van der Waals surface area contributed by atoms with Crippen molar-refractivity contribution in [1.82, 2.24) is 9.97 Å². The molecule has 1 aromatic rings. The number of rotatable bonds is 1. The molecule has 2 N–H and O–H groups in total. The minimum atomic E-state index is -0.308. The van der Waals surface area contributed by atoms with Gasteiger partial charge in [0.15, 0.2) is 0 Å². The Hall–Kier alpha value is -0.840. The van der Waals surface area contributed by atoms with Gasteiger partial charge in [0.05, 0.1) is 0 Å². The fraction of sp³-hybridized carbons (Fsp3) is 0.667. The summed E-state index contributed by atoms with van der Waals surface area (Å²) in [6, 6.07) is 0. The van der Waals surface area contributed by atoms with E-state index in [1.807, 2.05) is 0 Å². The average molecular weight is 301 g/mol. The van der Waals surface area contributed by atoms with Gasteiger partial charge in [-0.2, -0.15) is 4.98 Å². The molecule has 0 radical (unpaired) electrons. The van der Waals surface area contributed by atoms with Crippen molar-refractivity contribution < 1.29 is 5.11 Å². The standard InChI is InChI=1S/C12H17BrN2O2/c1-12(2)5-3-7(4-6-12)9-14-10(16)8(13)11(17)15-9/h7H,3-6H2,1-2H3,(H2,14,15,16,17). The number of aromatic amines is 1. The van der Waals surface area contributed by atoms with Crippen molar-refractivity contribution in [1.29, 1.82) is 0 Å². The minimum absolute atomic E-state index is 0.109. The van der Waals surface area contributed by atoms with Crippen molar-refractivity contribution in [2.24, 2.45) is 5.41 Å². The van der Waals surface area contributed by atoms with E-state index in [0.29, 0.717) is 11.2 Å². The summed E-state index contributed by atoms with van der Waals surface area (Å²) in [5, 5.41) is 9.54. The van der Waals surface area contributed by atoms with Crippen LogP contribution in [0, 0.1) is 5.41 Å². The van der Waals surface area contributed by atoms with Crippen LogP contribution in [0.3, 0.4) is 0 Å². The smallest absolute Gasteiger partial charge is 0.269 e. The highest BCUT2D eigenvalue weighted by atomic mass is 79.9. The summed E-state index contributed by atoms with van der Waals surface area (Å²) in [5.41, 5.74) is 0.0751. The zero-order valence-electron chi connectivity index (χ0n) is 10.1. The molecule has 0 aliphatic heterocycles. The van der Waals surface area contributed by atoms with Gasteiger partial charge in [0.1, 0.15) is 10.3 Å². The molecular formula is C12H17BrN2O2. The van der Waals surface area contributed by atoms with Gasteiger partial charge in [0, 0.05) is 5.92 Å². The van der Waals surface area contributed by atoms with Gasteiger partial charge in [0.2, 0.25) is 5.88 Å². The normalized spacial score (nSPS) is 20.4. The first-order chi connectivity index (χ1) is 7.89. The van der Waals surface area contributed by atoms with Gasteiger partial charge < -0.3 is 10.1 Å². The van der Waals surface area contributed by atoms with Crippen molar-refractivity contribution >= 4 is 15.9 Å². The third kappa shape index (κ3) is 2.70. The molecule has 17 heavy (non-hydrogen) atoms. The number of aromatic hydroxyl groups is 1. The van der Waals surface area contributed by atoms with Gasteiger partial charge in [0.25, 0.3) is 5.56 Å². The average Bonchev–Trinajstić information content (AvgIpc) is 2.25. The summed E-state index contributed by atoms with van der Waals surface area (Å²) in [5.74, 6) is 0.662. The SMILES string of the molecule is CC1(C)CCC(c2nc(O)c(Br)c(=O)[nH]2)CC1. The van der Waals surface area contributed by atoms with Crippen LogP contribution in [0.2, 0.25) is 0 Å². The summed E-state index contributed by atoms with van der Waals surface area (Å²) in [6.07, 6.45) is 4.27. The fourth-order valence-corrected chi connectivity index (χ4v) is 2.52. The lowest BCUT2D eigenvalue weighted by Gasteiger charge is -2.33. The molecular weight excluding hydrogens is 284 g/mol. The Bertz CT molecular complexity index is 472. The number of H-pyrrole nitrogens is 1. The first kappa shape index (κ1) is 12.6. The molecule has 1 saturated carbocycles. The maximum absolute atomic E-state index is 11.5. The third-order valence-electron chi connectivity index (χ3n) is 3.59. The van der Waals surface area contributed by atoms with E-state index in [9.17, 15) is 9.90 Å². The first-order valence-electron chi connectivity index (χ1n) is 5.88. The number of nitrogens with one attached hydrogen (secondary N) is 1. The molecule has 0 bridgehead atoms. The first-order valence-corrected chi connectivity index (χ1v) is 6.67. The molecule has 0 aromatic carbocycles. The molecule has 94 valence electrons. The van der Waals surface area contributed by atoms with Crippen molar-refractivity contribution in [3.05, 3.63) is 20.7 Å².